The molecule has 0 N–H and O–H groups in total. The molecule has 3 heterocycles. The third kappa shape index (κ3) is 2.42. The van der Waals surface area contributed by atoms with E-state index in [-0.39, 0.29) is 5.69 Å². The molecule has 1 unspecified atom stereocenters. The Labute approximate surface area is 153 Å². The van der Waals surface area contributed by atoms with Gasteiger partial charge in [-0.15, -0.1) is 0 Å². The molecule has 0 saturated heterocycles. The van der Waals surface area contributed by atoms with Crippen molar-refractivity contribution in [3.8, 4) is 11.3 Å². The molecule has 0 radical (unpaired) electrons. The van der Waals surface area contributed by atoms with Crippen molar-refractivity contribution < 1.29 is 14.5 Å². The number of hydrogen-bond donors (Lipinski definition) is 0. The van der Waals surface area contributed by atoms with Gasteiger partial charge in [0.2, 0.25) is 5.69 Å². The predicted octanol–water partition coefficient (Wildman–Crippen LogP) is 5.21. The van der Waals surface area contributed by atoms with Crippen LogP contribution in [-0.4, -0.2) is 4.98 Å². The molecular weight excluding hydrogens is 308 g/mol. The SMILES string of the molecule is [2H]C([2H])([2H])C([2H])(C)c1nc(C)c(-c2ccc(C)c[n+]2C)c2c1oc1ccccc12. The second-order valence-electron chi connectivity index (χ2n) is 6.55. The molecule has 0 saturated carbocycles. The van der Waals surface area contributed by atoms with E-state index in [0.717, 1.165) is 27.6 Å². The Morgan fingerprint density at radius 2 is 2.00 bits per heavy atom. The second kappa shape index (κ2) is 5.69. The average Bonchev–Trinajstić information content (AvgIpc) is 3.00. The van der Waals surface area contributed by atoms with Crippen LogP contribution in [-0.2, 0) is 7.05 Å². The fourth-order valence-electron chi connectivity index (χ4n) is 3.49. The van der Waals surface area contributed by atoms with Gasteiger partial charge in [0.05, 0.1) is 17.0 Å². The summed E-state index contributed by atoms with van der Waals surface area (Å²) in [6, 6.07) is 11.7. The van der Waals surface area contributed by atoms with Crippen molar-refractivity contribution in [2.75, 3.05) is 0 Å². The lowest BCUT2D eigenvalue weighted by Crippen LogP contribution is -2.31. The Balaban J connectivity index is 2.20. The number of para-hydroxylation sites is 1. The van der Waals surface area contributed by atoms with Crippen LogP contribution in [0.1, 0.15) is 42.1 Å². The Kier molecular flexibility index (Phi) is 2.69. The Bertz CT molecular complexity index is 1260. The highest BCUT2D eigenvalue weighted by Crippen LogP contribution is 2.39. The largest absolute Gasteiger partial charge is 0.454 e. The van der Waals surface area contributed by atoms with Crippen LogP contribution in [0.5, 0.6) is 0 Å². The van der Waals surface area contributed by atoms with Crippen molar-refractivity contribution >= 4 is 21.9 Å². The van der Waals surface area contributed by atoms with Gasteiger partial charge in [-0.05, 0) is 31.9 Å². The van der Waals surface area contributed by atoms with E-state index in [2.05, 4.69) is 4.98 Å². The van der Waals surface area contributed by atoms with Crippen molar-refractivity contribution in [1.82, 2.24) is 4.98 Å². The van der Waals surface area contributed by atoms with Gasteiger partial charge in [-0.3, -0.25) is 4.98 Å². The molecule has 0 fully saturated rings. The molecule has 126 valence electrons. The van der Waals surface area contributed by atoms with E-state index >= 15 is 0 Å². The van der Waals surface area contributed by atoms with Crippen LogP contribution in [0.3, 0.4) is 0 Å². The average molecular weight is 335 g/mol. The minimum Gasteiger partial charge on any atom is -0.454 e. The first-order chi connectivity index (χ1) is 13.5. The maximum absolute atomic E-state index is 8.63. The Hall–Kier alpha value is -2.68. The minimum atomic E-state index is -2.55. The molecule has 3 heteroatoms. The summed E-state index contributed by atoms with van der Waals surface area (Å²) in [6.07, 6.45) is 2.04. The van der Waals surface area contributed by atoms with E-state index in [1.54, 1.807) is 0 Å². The quantitative estimate of drug-likeness (QED) is 0.471. The van der Waals surface area contributed by atoms with E-state index in [4.69, 9.17) is 9.90 Å². The summed E-state index contributed by atoms with van der Waals surface area (Å²) in [5.41, 5.74) is 4.78. The summed E-state index contributed by atoms with van der Waals surface area (Å²) in [5, 5.41) is 1.68. The van der Waals surface area contributed by atoms with Gasteiger partial charge in [0, 0.05) is 27.9 Å². The van der Waals surface area contributed by atoms with Gasteiger partial charge < -0.3 is 4.42 Å². The summed E-state index contributed by atoms with van der Waals surface area (Å²) in [6.45, 7) is 2.71. The lowest BCUT2D eigenvalue weighted by atomic mass is 9.98. The summed E-state index contributed by atoms with van der Waals surface area (Å²) in [4.78, 5) is 4.62. The van der Waals surface area contributed by atoms with Crippen molar-refractivity contribution in [1.29, 1.82) is 0 Å². The van der Waals surface area contributed by atoms with Crippen molar-refractivity contribution in [3.05, 3.63) is 59.5 Å². The standard InChI is InChI=1S/C22H23N2O/c1-13(2)21-22-20(16-8-6-7-9-18(16)25-22)19(15(4)23-21)17-11-10-14(3)12-24(17)5/h6-13H,1-5H3/q+1/i1D3,13D. The van der Waals surface area contributed by atoms with Crippen LogP contribution < -0.4 is 4.57 Å². The number of pyridine rings is 2. The van der Waals surface area contributed by atoms with Gasteiger partial charge in [0.1, 0.15) is 12.6 Å². The fraction of sp³-hybridized carbons (Fsp3) is 0.273. The maximum atomic E-state index is 8.63. The lowest BCUT2D eigenvalue weighted by Gasteiger charge is -2.11. The van der Waals surface area contributed by atoms with Gasteiger partial charge in [-0.2, -0.15) is 0 Å². The topological polar surface area (TPSA) is 29.9 Å². The lowest BCUT2D eigenvalue weighted by molar-refractivity contribution is -0.660. The fourth-order valence-corrected chi connectivity index (χ4v) is 3.49. The molecule has 0 aliphatic carbocycles. The van der Waals surface area contributed by atoms with E-state index in [0.29, 0.717) is 16.9 Å². The molecule has 25 heavy (non-hydrogen) atoms. The van der Waals surface area contributed by atoms with E-state index in [1.807, 2.05) is 68.1 Å². The van der Waals surface area contributed by atoms with Crippen LogP contribution in [0.4, 0.5) is 0 Å². The molecule has 0 amide bonds. The van der Waals surface area contributed by atoms with Crippen LogP contribution >= 0.6 is 0 Å². The number of nitrogens with zero attached hydrogens (tertiary/aromatic N) is 2. The van der Waals surface area contributed by atoms with Gasteiger partial charge in [0.25, 0.3) is 0 Å². The molecule has 4 aromatic rings. The Morgan fingerprint density at radius 1 is 1.20 bits per heavy atom. The van der Waals surface area contributed by atoms with Crippen molar-refractivity contribution in [2.45, 2.75) is 33.5 Å². The Morgan fingerprint density at radius 3 is 2.76 bits per heavy atom. The third-order valence-corrected chi connectivity index (χ3v) is 4.59. The molecule has 1 aromatic carbocycles. The molecule has 0 aliphatic heterocycles. The molecule has 3 aromatic heterocycles. The molecule has 4 rings (SSSR count). The first-order valence-corrected chi connectivity index (χ1v) is 8.31. The van der Waals surface area contributed by atoms with E-state index in [1.165, 1.54) is 6.92 Å². The van der Waals surface area contributed by atoms with Crippen LogP contribution in [0.15, 0.2) is 47.0 Å². The number of hydrogen-bond acceptors (Lipinski definition) is 2. The third-order valence-electron chi connectivity index (χ3n) is 4.59. The summed E-state index contributed by atoms with van der Waals surface area (Å²) in [5.74, 6) is -1.90. The van der Waals surface area contributed by atoms with Gasteiger partial charge in [0.15, 0.2) is 11.8 Å². The number of benzene rings is 1. The number of fused-ring (bicyclic) bond motifs is 3. The zero-order valence-corrected chi connectivity index (χ0v) is 14.8. The molecular formula is C22H23N2O+. The predicted molar refractivity (Wildman–Crippen MR) is 102 cm³/mol. The van der Waals surface area contributed by atoms with Crippen molar-refractivity contribution in [3.63, 3.8) is 0 Å². The van der Waals surface area contributed by atoms with Gasteiger partial charge in [-0.25, -0.2) is 4.57 Å². The highest BCUT2D eigenvalue weighted by molar-refractivity contribution is 6.12. The van der Waals surface area contributed by atoms with E-state index < -0.39 is 12.7 Å². The molecule has 3 nitrogen and oxygen atoms in total. The summed E-state index contributed by atoms with van der Waals surface area (Å²) in [7, 11) is 1.97. The van der Waals surface area contributed by atoms with E-state index in [9.17, 15) is 0 Å². The van der Waals surface area contributed by atoms with Crippen LogP contribution in [0.2, 0.25) is 0 Å². The van der Waals surface area contributed by atoms with Crippen LogP contribution in [0, 0.1) is 13.8 Å². The molecule has 1 atom stereocenters. The van der Waals surface area contributed by atoms with Gasteiger partial charge >= 0.3 is 0 Å². The van der Waals surface area contributed by atoms with Gasteiger partial charge in [-0.1, -0.05) is 32.0 Å². The minimum absolute atomic E-state index is 0.139. The first-order valence-electron chi connectivity index (χ1n) is 10.3. The zero-order valence-electron chi connectivity index (χ0n) is 18.8. The smallest absolute Gasteiger partial charge is 0.214 e. The zero-order chi connectivity index (χ0) is 21.1. The number of furan rings is 1. The van der Waals surface area contributed by atoms with Crippen molar-refractivity contribution in [2.24, 2.45) is 7.05 Å². The monoisotopic (exact) mass is 335 g/mol. The normalized spacial score (nSPS) is 17.0. The highest BCUT2D eigenvalue weighted by Gasteiger charge is 2.24. The molecule has 0 aliphatic rings. The maximum Gasteiger partial charge on any atom is 0.214 e. The van der Waals surface area contributed by atoms with Crippen LogP contribution in [0.25, 0.3) is 33.2 Å². The number of rotatable bonds is 2. The number of aryl methyl sites for hydroxylation is 3. The summed E-state index contributed by atoms with van der Waals surface area (Å²) < 4.78 is 40.4. The summed E-state index contributed by atoms with van der Waals surface area (Å²) >= 11 is 0. The highest BCUT2D eigenvalue weighted by atomic mass is 16.3. The first kappa shape index (κ1) is 11.8. The molecule has 0 spiro atoms. The molecule has 0 bridgehead atoms. The number of aromatic nitrogens is 2. The second-order valence-corrected chi connectivity index (χ2v) is 6.55.